The van der Waals surface area contributed by atoms with Crippen LogP contribution in [0.5, 0.6) is 0 Å². The first kappa shape index (κ1) is 13.2. The van der Waals surface area contributed by atoms with Crippen molar-refractivity contribution in [2.45, 2.75) is 19.4 Å². The average molecular weight is 295 g/mol. The Labute approximate surface area is 119 Å². The number of nitrogens with zero attached hydrogens (tertiary/aromatic N) is 3. The van der Waals surface area contributed by atoms with Gasteiger partial charge in [0, 0.05) is 19.2 Å². The highest BCUT2D eigenvalue weighted by Crippen LogP contribution is 2.26. The third-order valence-electron chi connectivity index (χ3n) is 3.45. The van der Waals surface area contributed by atoms with Crippen LogP contribution in [0.1, 0.15) is 22.7 Å². The number of hydrogen-bond acceptors (Lipinski definition) is 6. The summed E-state index contributed by atoms with van der Waals surface area (Å²) in [7, 11) is 0. The molecule has 3 heterocycles. The normalized spacial score (nSPS) is 22.9. The van der Waals surface area contributed by atoms with Crippen LogP contribution in [0.4, 0.5) is 4.79 Å². The zero-order chi connectivity index (χ0) is 14.3. The largest absolute Gasteiger partial charge is 0.361 e. The van der Waals surface area contributed by atoms with Crippen LogP contribution < -0.4 is 0 Å². The lowest BCUT2D eigenvalue weighted by molar-refractivity contribution is -0.126. The number of rotatable bonds is 2. The number of carbonyl (C=O) groups is 3. The molecule has 1 aromatic heterocycles. The van der Waals surface area contributed by atoms with Gasteiger partial charge in [-0.25, -0.2) is 0 Å². The first-order valence-corrected chi connectivity index (χ1v) is 7.26. The van der Waals surface area contributed by atoms with Crippen LogP contribution in [0.2, 0.25) is 0 Å². The van der Waals surface area contributed by atoms with Gasteiger partial charge in [-0.15, -0.1) is 0 Å². The van der Waals surface area contributed by atoms with E-state index in [0.29, 0.717) is 25.3 Å². The molecule has 0 bridgehead atoms. The third-order valence-corrected chi connectivity index (χ3v) is 4.28. The Balaban J connectivity index is 1.69. The summed E-state index contributed by atoms with van der Waals surface area (Å²) < 4.78 is 4.89. The summed E-state index contributed by atoms with van der Waals surface area (Å²) in [5.41, 5.74) is 0.261. The molecule has 2 aliphatic heterocycles. The second kappa shape index (κ2) is 4.93. The first-order chi connectivity index (χ1) is 9.56. The fraction of sp³-hybridized carbons (Fsp3) is 0.500. The lowest BCUT2D eigenvalue weighted by Crippen LogP contribution is -2.41. The predicted molar refractivity (Wildman–Crippen MR) is 70.2 cm³/mol. The van der Waals surface area contributed by atoms with Crippen molar-refractivity contribution in [3.05, 3.63) is 17.5 Å². The van der Waals surface area contributed by atoms with E-state index in [1.807, 2.05) is 0 Å². The summed E-state index contributed by atoms with van der Waals surface area (Å²) in [6.45, 7) is 2.59. The molecule has 0 aromatic carbocycles. The fourth-order valence-corrected chi connectivity index (χ4v) is 3.26. The molecule has 0 spiro atoms. The Bertz CT molecular complexity index is 569. The molecule has 7 nitrogen and oxygen atoms in total. The molecule has 0 saturated carbocycles. The molecule has 2 saturated heterocycles. The number of thioether (sulfide) groups is 1. The average Bonchev–Trinajstić information content (AvgIpc) is 3.10. The van der Waals surface area contributed by atoms with E-state index >= 15 is 0 Å². The molecule has 0 N–H and O–H groups in total. The molecule has 3 rings (SSSR count). The zero-order valence-corrected chi connectivity index (χ0v) is 11.7. The molecule has 1 aromatic rings. The van der Waals surface area contributed by atoms with Gasteiger partial charge >= 0.3 is 0 Å². The zero-order valence-electron chi connectivity index (χ0n) is 10.9. The fourth-order valence-electron chi connectivity index (χ4n) is 2.48. The van der Waals surface area contributed by atoms with Gasteiger partial charge in [-0.05, 0) is 13.3 Å². The van der Waals surface area contributed by atoms with Gasteiger partial charge in [-0.1, -0.05) is 16.9 Å². The second-order valence-corrected chi connectivity index (χ2v) is 5.76. The lowest BCUT2D eigenvalue weighted by atomic mass is 10.2. The van der Waals surface area contributed by atoms with Gasteiger partial charge < -0.3 is 9.42 Å². The Kier molecular flexibility index (Phi) is 3.25. The van der Waals surface area contributed by atoms with Crippen molar-refractivity contribution in [2.75, 3.05) is 18.8 Å². The van der Waals surface area contributed by atoms with Crippen molar-refractivity contribution in [2.24, 2.45) is 0 Å². The van der Waals surface area contributed by atoms with Crippen LogP contribution in [-0.4, -0.2) is 56.9 Å². The highest BCUT2D eigenvalue weighted by molar-refractivity contribution is 8.14. The minimum absolute atomic E-state index is 0.170. The molecule has 0 radical (unpaired) electrons. The van der Waals surface area contributed by atoms with Gasteiger partial charge in [0.15, 0.2) is 5.69 Å². The Morgan fingerprint density at radius 1 is 1.50 bits per heavy atom. The number of aromatic nitrogens is 1. The monoisotopic (exact) mass is 295 g/mol. The maximum atomic E-state index is 12.2. The number of hydrogen-bond donors (Lipinski definition) is 0. The molecule has 1 atom stereocenters. The minimum Gasteiger partial charge on any atom is -0.361 e. The summed E-state index contributed by atoms with van der Waals surface area (Å²) in [6, 6.07) is 1.36. The molecule has 1 unspecified atom stereocenters. The maximum Gasteiger partial charge on any atom is 0.289 e. The standard InChI is InChI=1S/C12H13N3O4S/c1-7-4-9(13-19-7)11(17)14-3-2-8(5-14)15-10(16)6-20-12(15)18/h4,8H,2-3,5-6H2,1H3. The van der Waals surface area contributed by atoms with Gasteiger partial charge in [0.05, 0.1) is 11.8 Å². The highest BCUT2D eigenvalue weighted by Gasteiger charge is 2.40. The van der Waals surface area contributed by atoms with Gasteiger partial charge in [-0.2, -0.15) is 0 Å². The number of imide groups is 1. The van der Waals surface area contributed by atoms with Crippen molar-refractivity contribution in [3.63, 3.8) is 0 Å². The first-order valence-electron chi connectivity index (χ1n) is 6.27. The summed E-state index contributed by atoms with van der Waals surface area (Å²) in [6.07, 6.45) is 0.612. The van der Waals surface area contributed by atoms with Gasteiger partial charge in [0.25, 0.3) is 11.1 Å². The van der Waals surface area contributed by atoms with E-state index in [1.54, 1.807) is 17.9 Å². The van der Waals surface area contributed by atoms with Gasteiger partial charge in [-0.3, -0.25) is 19.3 Å². The van der Waals surface area contributed by atoms with E-state index < -0.39 is 0 Å². The quantitative estimate of drug-likeness (QED) is 0.806. The van der Waals surface area contributed by atoms with E-state index in [1.165, 1.54) is 4.90 Å². The van der Waals surface area contributed by atoms with Crippen molar-refractivity contribution in [1.29, 1.82) is 0 Å². The van der Waals surface area contributed by atoms with E-state index in [0.717, 1.165) is 11.8 Å². The van der Waals surface area contributed by atoms with Crippen LogP contribution in [0.25, 0.3) is 0 Å². The van der Waals surface area contributed by atoms with Crippen LogP contribution >= 0.6 is 11.8 Å². The molecule has 2 aliphatic rings. The number of carbonyl (C=O) groups excluding carboxylic acids is 3. The summed E-state index contributed by atoms with van der Waals surface area (Å²) in [4.78, 5) is 38.4. The topological polar surface area (TPSA) is 83.7 Å². The van der Waals surface area contributed by atoms with E-state index in [4.69, 9.17) is 4.52 Å². The van der Waals surface area contributed by atoms with Crippen molar-refractivity contribution in [3.8, 4) is 0 Å². The SMILES string of the molecule is Cc1cc(C(=O)N2CCC(N3C(=O)CSC3=O)C2)no1. The van der Waals surface area contributed by atoms with E-state index in [2.05, 4.69) is 5.16 Å². The van der Waals surface area contributed by atoms with Crippen LogP contribution in [0, 0.1) is 6.92 Å². The third kappa shape index (κ3) is 2.20. The molecule has 0 aliphatic carbocycles. The molecule has 2 fully saturated rings. The molecule has 8 heteroatoms. The molecule has 106 valence electrons. The van der Waals surface area contributed by atoms with Gasteiger partial charge in [0.1, 0.15) is 5.76 Å². The second-order valence-electron chi connectivity index (χ2n) is 4.83. The summed E-state index contributed by atoms with van der Waals surface area (Å²) >= 11 is 1.02. The van der Waals surface area contributed by atoms with Crippen LogP contribution in [0.3, 0.4) is 0 Å². The Morgan fingerprint density at radius 3 is 2.90 bits per heavy atom. The number of aryl methyl sites for hydroxylation is 1. The summed E-state index contributed by atoms with van der Waals surface area (Å²) in [5.74, 6) is 0.379. The molecular weight excluding hydrogens is 282 g/mol. The smallest absolute Gasteiger partial charge is 0.289 e. The molecule has 3 amide bonds. The molecular formula is C12H13N3O4S. The summed E-state index contributed by atoms with van der Waals surface area (Å²) in [5, 5.41) is 3.48. The van der Waals surface area contributed by atoms with Crippen LogP contribution in [0.15, 0.2) is 10.6 Å². The molecule has 20 heavy (non-hydrogen) atoms. The maximum absolute atomic E-state index is 12.2. The van der Waals surface area contributed by atoms with Gasteiger partial charge in [0.2, 0.25) is 5.91 Å². The highest BCUT2D eigenvalue weighted by atomic mass is 32.2. The van der Waals surface area contributed by atoms with Crippen LogP contribution in [-0.2, 0) is 4.79 Å². The van der Waals surface area contributed by atoms with Crippen molar-refractivity contribution in [1.82, 2.24) is 15.0 Å². The van der Waals surface area contributed by atoms with E-state index in [-0.39, 0.29) is 34.5 Å². The lowest BCUT2D eigenvalue weighted by Gasteiger charge is -2.21. The Morgan fingerprint density at radius 2 is 2.30 bits per heavy atom. The van der Waals surface area contributed by atoms with Crippen molar-refractivity contribution >= 4 is 28.8 Å². The van der Waals surface area contributed by atoms with Crippen molar-refractivity contribution < 1.29 is 18.9 Å². The minimum atomic E-state index is -0.226. The predicted octanol–water partition coefficient (Wildman–Crippen LogP) is 0.893. The number of amides is 3. The van der Waals surface area contributed by atoms with E-state index in [9.17, 15) is 14.4 Å². The number of likely N-dealkylation sites (tertiary alicyclic amines) is 1. The Hall–Kier alpha value is -1.83.